The van der Waals surface area contributed by atoms with Crippen LogP contribution in [0, 0.1) is 27.9 Å². The third kappa shape index (κ3) is 2.86. The summed E-state index contributed by atoms with van der Waals surface area (Å²) in [6.45, 7) is 3.16. The predicted molar refractivity (Wildman–Crippen MR) is 81.6 cm³/mol. The van der Waals surface area contributed by atoms with E-state index in [2.05, 4.69) is 17.5 Å². The van der Waals surface area contributed by atoms with Crippen molar-refractivity contribution < 1.29 is 9.66 Å². The molecule has 3 rings (SSSR count). The fourth-order valence-electron chi connectivity index (χ4n) is 3.44. The Hall–Kier alpha value is -2.04. The molecule has 21 heavy (non-hydrogen) atoms. The van der Waals surface area contributed by atoms with Crippen LogP contribution in [0.2, 0.25) is 0 Å². The number of benzene rings is 1. The van der Waals surface area contributed by atoms with E-state index in [-0.39, 0.29) is 10.6 Å². The third-order valence-electron chi connectivity index (χ3n) is 4.45. The molecular weight excluding hydrogens is 268 g/mol. The molecule has 2 aliphatic rings. The van der Waals surface area contributed by atoms with Crippen molar-refractivity contribution in [2.75, 3.05) is 18.5 Å². The molecule has 0 amide bonds. The lowest BCUT2D eigenvalue weighted by molar-refractivity contribution is -0.384. The molecule has 1 fully saturated rings. The van der Waals surface area contributed by atoms with E-state index in [0.29, 0.717) is 29.9 Å². The Bertz CT molecular complexity index is 571. The number of hydrogen-bond acceptors (Lipinski definition) is 4. The van der Waals surface area contributed by atoms with Gasteiger partial charge in [0.05, 0.1) is 17.6 Å². The highest BCUT2D eigenvalue weighted by molar-refractivity contribution is 5.63. The number of nitro benzene ring substituents is 1. The summed E-state index contributed by atoms with van der Waals surface area (Å²) >= 11 is 0. The highest BCUT2D eigenvalue weighted by atomic mass is 16.6. The molecule has 1 N–H and O–H groups in total. The van der Waals surface area contributed by atoms with E-state index in [1.807, 2.05) is 6.92 Å². The van der Waals surface area contributed by atoms with Gasteiger partial charge in [-0.05, 0) is 49.7 Å². The highest BCUT2D eigenvalue weighted by Gasteiger charge is 2.35. The molecule has 1 aromatic rings. The molecule has 1 saturated carbocycles. The van der Waals surface area contributed by atoms with Crippen LogP contribution in [0.5, 0.6) is 5.75 Å². The minimum Gasteiger partial charge on any atom is -0.494 e. The first-order valence-electron chi connectivity index (χ1n) is 7.50. The van der Waals surface area contributed by atoms with E-state index in [9.17, 15) is 10.1 Å². The van der Waals surface area contributed by atoms with E-state index < -0.39 is 0 Å². The molecule has 1 aromatic carbocycles. The Labute approximate surface area is 124 Å². The smallest absolute Gasteiger partial charge is 0.296 e. The zero-order chi connectivity index (χ0) is 14.8. The van der Waals surface area contributed by atoms with E-state index >= 15 is 0 Å². The average molecular weight is 288 g/mol. The topological polar surface area (TPSA) is 64.4 Å². The molecule has 2 bridgehead atoms. The lowest BCUT2D eigenvalue weighted by Crippen LogP contribution is -2.18. The molecule has 0 radical (unpaired) electrons. The summed E-state index contributed by atoms with van der Waals surface area (Å²) in [6, 6.07) is 5.01. The first kappa shape index (κ1) is 13.9. The maximum Gasteiger partial charge on any atom is 0.296 e. The van der Waals surface area contributed by atoms with E-state index in [1.54, 1.807) is 12.1 Å². The van der Waals surface area contributed by atoms with E-state index in [0.717, 1.165) is 12.5 Å². The minimum absolute atomic E-state index is 0.0830. The van der Waals surface area contributed by atoms with E-state index in [1.165, 1.54) is 18.9 Å². The molecule has 5 nitrogen and oxygen atoms in total. The van der Waals surface area contributed by atoms with Crippen LogP contribution >= 0.6 is 0 Å². The molecule has 5 heteroatoms. The summed E-state index contributed by atoms with van der Waals surface area (Å²) in [4.78, 5) is 10.8. The Balaban J connectivity index is 1.69. The molecule has 112 valence electrons. The molecule has 2 aliphatic carbocycles. The number of hydrogen-bond donors (Lipinski definition) is 1. The predicted octanol–water partition coefficient (Wildman–Crippen LogP) is 3.62. The number of anilines is 1. The van der Waals surface area contributed by atoms with Gasteiger partial charge in [0.2, 0.25) is 0 Å². The van der Waals surface area contributed by atoms with Gasteiger partial charge in [-0.25, -0.2) is 0 Å². The van der Waals surface area contributed by atoms with Crippen LogP contribution in [0.4, 0.5) is 11.4 Å². The molecule has 0 saturated heterocycles. The first-order valence-corrected chi connectivity index (χ1v) is 7.50. The zero-order valence-electron chi connectivity index (χ0n) is 12.1. The lowest BCUT2D eigenvalue weighted by Gasteiger charge is -2.19. The fourth-order valence-corrected chi connectivity index (χ4v) is 3.44. The Morgan fingerprint density at radius 1 is 1.38 bits per heavy atom. The summed E-state index contributed by atoms with van der Waals surface area (Å²) < 4.78 is 5.33. The van der Waals surface area contributed by atoms with Gasteiger partial charge in [-0.15, -0.1) is 0 Å². The summed E-state index contributed by atoms with van der Waals surface area (Å²) in [5.74, 6) is 2.49. The number of fused-ring (bicyclic) bond motifs is 2. The van der Waals surface area contributed by atoms with Crippen LogP contribution in [0.3, 0.4) is 0 Å². The van der Waals surface area contributed by atoms with Crippen LogP contribution in [-0.2, 0) is 0 Å². The first-order chi connectivity index (χ1) is 10.2. The number of nitrogens with zero attached hydrogens (tertiary/aromatic N) is 1. The number of nitro groups is 1. The van der Waals surface area contributed by atoms with Crippen molar-refractivity contribution in [3.05, 3.63) is 40.5 Å². The van der Waals surface area contributed by atoms with Crippen LogP contribution < -0.4 is 10.1 Å². The second kappa shape index (κ2) is 5.76. The number of rotatable bonds is 6. The van der Waals surface area contributed by atoms with Crippen molar-refractivity contribution >= 4 is 11.4 Å². The van der Waals surface area contributed by atoms with Gasteiger partial charge >= 0.3 is 0 Å². The van der Waals surface area contributed by atoms with E-state index in [4.69, 9.17) is 4.74 Å². The fraction of sp³-hybridized carbons (Fsp3) is 0.500. The Morgan fingerprint density at radius 2 is 2.24 bits per heavy atom. The summed E-state index contributed by atoms with van der Waals surface area (Å²) in [5, 5.41) is 14.5. The van der Waals surface area contributed by atoms with Crippen LogP contribution in [0.15, 0.2) is 30.4 Å². The van der Waals surface area contributed by atoms with Gasteiger partial charge in [-0.2, -0.15) is 0 Å². The highest BCUT2D eigenvalue weighted by Crippen LogP contribution is 2.43. The average Bonchev–Trinajstić information content (AvgIpc) is 3.08. The molecule has 0 spiro atoms. The largest absolute Gasteiger partial charge is 0.494 e. The quantitative estimate of drug-likeness (QED) is 0.493. The Morgan fingerprint density at radius 3 is 2.86 bits per heavy atom. The normalized spacial score (nSPS) is 26.0. The summed E-state index contributed by atoms with van der Waals surface area (Å²) in [7, 11) is 0. The van der Waals surface area contributed by atoms with Crippen molar-refractivity contribution in [2.24, 2.45) is 17.8 Å². The van der Waals surface area contributed by atoms with Crippen molar-refractivity contribution in [3.63, 3.8) is 0 Å². The van der Waals surface area contributed by atoms with Crippen LogP contribution in [0.25, 0.3) is 0 Å². The van der Waals surface area contributed by atoms with Gasteiger partial charge in [0.25, 0.3) is 5.69 Å². The zero-order valence-corrected chi connectivity index (χ0v) is 12.1. The van der Waals surface area contributed by atoms with Crippen molar-refractivity contribution in [3.8, 4) is 5.75 Å². The second-order valence-corrected chi connectivity index (χ2v) is 5.79. The molecule has 3 atom stereocenters. The maximum atomic E-state index is 11.2. The number of allylic oxidation sites excluding steroid dienone is 2. The van der Waals surface area contributed by atoms with Crippen molar-refractivity contribution in [1.82, 2.24) is 0 Å². The third-order valence-corrected chi connectivity index (χ3v) is 4.45. The van der Waals surface area contributed by atoms with Gasteiger partial charge in [0, 0.05) is 6.54 Å². The van der Waals surface area contributed by atoms with Gasteiger partial charge in [-0.1, -0.05) is 12.2 Å². The molecule has 0 aromatic heterocycles. The minimum atomic E-state index is -0.356. The number of nitrogens with one attached hydrogen (secondary N) is 1. The molecule has 3 unspecified atom stereocenters. The maximum absolute atomic E-state index is 11.2. The molecular formula is C16H20N2O3. The number of ether oxygens (including phenoxy) is 1. The van der Waals surface area contributed by atoms with Crippen LogP contribution in [-0.4, -0.2) is 18.1 Å². The molecule has 0 aliphatic heterocycles. The van der Waals surface area contributed by atoms with Gasteiger partial charge in [0.15, 0.2) is 0 Å². The van der Waals surface area contributed by atoms with Crippen LogP contribution in [0.1, 0.15) is 19.8 Å². The second-order valence-electron chi connectivity index (χ2n) is 5.79. The van der Waals surface area contributed by atoms with Gasteiger partial charge in [0.1, 0.15) is 11.4 Å². The summed E-state index contributed by atoms with van der Waals surface area (Å²) in [5.41, 5.74) is 0.662. The Kier molecular flexibility index (Phi) is 3.82. The van der Waals surface area contributed by atoms with Crippen molar-refractivity contribution in [2.45, 2.75) is 19.8 Å². The van der Waals surface area contributed by atoms with Gasteiger partial charge in [-0.3, -0.25) is 10.1 Å². The van der Waals surface area contributed by atoms with Gasteiger partial charge < -0.3 is 10.1 Å². The standard InChI is InChI=1S/C16H20N2O3/c1-2-21-14-5-6-15(16(9-14)18(19)20)17-10-13-8-11-3-4-12(13)7-11/h3-6,9,11-13,17H,2,7-8,10H2,1H3. The van der Waals surface area contributed by atoms with Crippen molar-refractivity contribution in [1.29, 1.82) is 0 Å². The SMILES string of the molecule is CCOc1ccc(NCC2CC3C=CC2C3)c([N+](=O)[O-])c1. The monoisotopic (exact) mass is 288 g/mol. The lowest BCUT2D eigenvalue weighted by atomic mass is 9.93. The summed E-state index contributed by atoms with van der Waals surface area (Å²) in [6.07, 6.45) is 7.05. The molecule has 0 heterocycles.